The van der Waals surface area contributed by atoms with Crippen LogP contribution in [0.1, 0.15) is 89.5 Å². The molecule has 0 spiro atoms. The number of hydrogen-bond donors (Lipinski definition) is 1. The van der Waals surface area contributed by atoms with Gasteiger partial charge in [0.2, 0.25) is 0 Å². The van der Waals surface area contributed by atoms with E-state index < -0.39 is 20.8 Å². The summed E-state index contributed by atoms with van der Waals surface area (Å²) in [5.74, 6) is 0.127. The van der Waals surface area contributed by atoms with Crippen LogP contribution in [0, 0.1) is 0 Å². The van der Waals surface area contributed by atoms with Crippen LogP contribution >= 0.6 is 0 Å². The van der Waals surface area contributed by atoms with Gasteiger partial charge in [0.15, 0.2) is 0 Å². The number of unbranched alkanes of at least 4 members (excludes halogenated alkanes) is 11. The van der Waals surface area contributed by atoms with Gasteiger partial charge < -0.3 is 9.84 Å². The van der Waals surface area contributed by atoms with Crippen LogP contribution in [0.3, 0.4) is 0 Å². The zero-order valence-electron chi connectivity index (χ0n) is 20.2. The molecule has 0 bridgehead atoms. The first-order chi connectivity index (χ1) is 15.4. The summed E-state index contributed by atoms with van der Waals surface area (Å²) in [6, 6.07) is 11.2. The van der Waals surface area contributed by atoms with Crippen molar-refractivity contribution in [1.29, 1.82) is 0 Å². The van der Waals surface area contributed by atoms with Crippen LogP contribution in [0.2, 0.25) is 0 Å². The Hall–Kier alpha value is -1.05. The van der Waals surface area contributed by atoms with Crippen molar-refractivity contribution in [3.05, 3.63) is 48.0 Å². The van der Waals surface area contributed by atoms with Crippen molar-refractivity contribution in [3.8, 4) is 17.2 Å². The van der Waals surface area contributed by atoms with Gasteiger partial charge in [0.05, 0.1) is 4.90 Å². The summed E-state index contributed by atoms with van der Waals surface area (Å²) in [4.78, 5) is -0.644. The summed E-state index contributed by atoms with van der Waals surface area (Å²) in [5.41, 5.74) is 1.06. The maximum absolute atomic E-state index is 11.9. The van der Waals surface area contributed by atoms with Crippen LogP contribution in [0.4, 0.5) is 0 Å². The molecule has 33 heavy (non-hydrogen) atoms. The molecular weight excluding hydrogens is 447 g/mol. The molecule has 0 radical (unpaired) electrons. The fourth-order valence-electron chi connectivity index (χ4n) is 3.86. The second kappa shape index (κ2) is 16.6. The van der Waals surface area contributed by atoms with Crippen LogP contribution in [0.25, 0.3) is 0 Å². The van der Waals surface area contributed by atoms with E-state index in [9.17, 15) is 13.5 Å². The zero-order chi connectivity index (χ0) is 23.2. The molecule has 0 aromatic heterocycles. The van der Waals surface area contributed by atoms with Crippen LogP contribution in [0.5, 0.6) is 17.2 Å². The molecule has 0 atom stereocenters. The SMILES string of the molecule is CCCCCCCCCCCCCCc1ccccc1Oc1ccc(S(=O)(=O)O)c([O-])c1.[Na+]. The summed E-state index contributed by atoms with van der Waals surface area (Å²) >= 11 is 0. The van der Waals surface area contributed by atoms with Crippen LogP contribution < -0.4 is 39.4 Å². The van der Waals surface area contributed by atoms with E-state index in [2.05, 4.69) is 6.92 Å². The van der Waals surface area contributed by atoms with Crippen molar-refractivity contribution < 1.29 is 52.4 Å². The fourth-order valence-corrected chi connectivity index (χ4v) is 4.41. The molecule has 0 aliphatic carbocycles. The summed E-state index contributed by atoms with van der Waals surface area (Å²) < 4.78 is 37.3. The van der Waals surface area contributed by atoms with Gasteiger partial charge in [-0.15, -0.1) is 0 Å². The topological polar surface area (TPSA) is 86.7 Å². The second-order valence-electron chi connectivity index (χ2n) is 8.43. The predicted octanol–water partition coefficient (Wildman–Crippen LogP) is 4.05. The molecule has 0 heterocycles. The van der Waals surface area contributed by atoms with Crippen LogP contribution in [-0.4, -0.2) is 13.0 Å². The first-order valence-electron chi connectivity index (χ1n) is 12.0. The van der Waals surface area contributed by atoms with Crippen LogP contribution in [-0.2, 0) is 16.5 Å². The zero-order valence-corrected chi connectivity index (χ0v) is 23.0. The molecule has 2 aromatic carbocycles. The van der Waals surface area contributed by atoms with Crippen molar-refractivity contribution in [2.24, 2.45) is 0 Å². The Balaban J connectivity index is 0.00000544. The van der Waals surface area contributed by atoms with Gasteiger partial charge >= 0.3 is 29.6 Å². The number of aryl methyl sites for hydroxylation is 1. The largest absolute Gasteiger partial charge is 1.00 e. The van der Waals surface area contributed by atoms with Gasteiger partial charge in [-0.3, -0.25) is 4.55 Å². The maximum Gasteiger partial charge on any atom is 1.00 e. The molecule has 0 fully saturated rings. The molecule has 0 saturated heterocycles. The molecule has 0 amide bonds. The predicted molar refractivity (Wildman–Crippen MR) is 127 cm³/mol. The molecule has 5 nitrogen and oxygen atoms in total. The van der Waals surface area contributed by atoms with Gasteiger partial charge in [0, 0.05) is 0 Å². The van der Waals surface area contributed by atoms with E-state index in [-0.39, 0.29) is 35.3 Å². The van der Waals surface area contributed by atoms with Crippen LogP contribution in [0.15, 0.2) is 47.4 Å². The van der Waals surface area contributed by atoms with Gasteiger partial charge in [0.1, 0.15) is 11.5 Å². The average molecular weight is 485 g/mol. The number of rotatable bonds is 16. The van der Waals surface area contributed by atoms with Gasteiger partial charge in [-0.1, -0.05) is 102 Å². The van der Waals surface area contributed by atoms with Crippen molar-refractivity contribution in [1.82, 2.24) is 0 Å². The molecule has 2 rings (SSSR count). The Kier molecular flexibility index (Phi) is 15.0. The van der Waals surface area contributed by atoms with Gasteiger partial charge in [-0.25, -0.2) is 0 Å². The van der Waals surface area contributed by atoms with E-state index in [1.165, 1.54) is 76.7 Å². The molecule has 2 aromatic rings. The van der Waals surface area contributed by atoms with E-state index in [0.717, 1.165) is 30.5 Å². The first-order valence-corrected chi connectivity index (χ1v) is 13.4. The minimum atomic E-state index is -4.53. The Morgan fingerprint density at radius 1 is 0.818 bits per heavy atom. The molecule has 0 aliphatic heterocycles. The third-order valence-corrected chi connectivity index (χ3v) is 6.59. The summed E-state index contributed by atoms with van der Waals surface area (Å²) in [6.07, 6.45) is 16.5. The molecule has 178 valence electrons. The molecule has 1 N–H and O–H groups in total. The molecule has 0 aliphatic rings. The Labute approximate surface area is 222 Å². The van der Waals surface area contributed by atoms with Gasteiger partial charge in [0.25, 0.3) is 10.1 Å². The summed E-state index contributed by atoms with van der Waals surface area (Å²) in [7, 11) is -4.53. The molecule has 0 unspecified atom stereocenters. The molecule has 0 saturated carbocycles. The first kappa shape index (κ1) is 30.0. The quantitative estimate of drug-likeness (QED) is 0.221. The van der Waals surface area contributed by atoms with Crippen molar-refractivity contribution in [2.75, 3.05) is 0 Å². The Bertz CT molecular complexity index is 915. The minimum Gasteiger partial charge on any atom is -0.871 e. The van der Waals surface area contributed by atoms with E-state index in [1.54, 1.807) is 0 Å². The number of para-hydroxylation sites is 1. The summed E-state index contributed by atoms with van der Waals surface area (Å²) in [6.45, 7) is 2.25. The normalized spacial score (nSPS) is 11.2. The van der Waals surface area contributed by atoms with Gasteiger partial charge in [-0.05, 0) is 42.7 Å². The second-order valence-corrected chi connectivity index (χ2v) is 9.82. The van der Waals surface area contributed by atoms with Crippen molar-refractivity contribution >= 4 is 10.1 Å². The van der Waals surface area contributed by atoms with E-state index in [0.29, 0.717) is 5.75 Å². The average Bonchev–Trinajstić information content (AvgIpc) is 2.75. The molecule has 7 heteroatoms. The smallest absolute Gasteiger partial charge is 0.871 e. The Morgan fingerprint density at radius 2 is 1.36 bits per heavy atom. The maximum atomic E-state index is 11.9. The number of hydrogen-bond acceptors (Lipinski definition) is 4. The third kappa shape index (κ3) is 11.8. The van der Waals surface area contributed by atoms with E-state index in [4.69, 9.17) is 9.29 Å². The fraction of sp³-hybridized carbons (Fsp3) is 0.538. The number of benzene rings is 2. The van der Waals surface area contributed by atoms with Crippen molar-refractivity contribution in [2.45, 2.75) is 95.3 Å². The third-order valence-electron chi connectivity index (χ3n) is 5.69. The van der Waals surface area contributed by atoms with E-state index in [1.807, 2.05) is 24.3 Å². The monoisotopic (exact) mass is 484 g/mol. The number of ether oxygens (including phenoxy) is 1. The summed E-state index contributed by atoms with van der Waals surface area (Å²) in [5, 5.41) is 11.9. The Morgan fingerprint density at radius 3 is 1.91 bits per heavy atom. The minimum absolute atomic E-state index is 0. The molecular formula is C26H37NaO5S. The van der Waals surface area contributed by atoms with E-state index >= 15 is 0 Å². The van der Waals surface area contributed by atoms with Gasteiger partial charge in [-0.2, -0.15) is 8.42 Å². The standard InChI is InChI=1S/C26H38O5S.Na/c1-2-3-4-5-6-7-8-9-10-11-12-13-16-22-17-14-15-18-25(22)31-23-19-20-26(24(27)21-23)32(28,29)30;/h14-15,17-21,27H,2-13,16H2,1H3,(H,28,29,30);/q;+1/p-1. The van der Waals surface area contributed by atoms with Crippen molar-refractivity contribution in [3.63, 3.8) is 0 Å².